The first-order chi connectivity index (χ1) is 15.7. The Morgan fingerprint density at radius 3 is 2.59 bits per heavy atom. The zero-order valence-corrected chi connectivity index (χ0v) is 18.8. The molecular formula is C25H32N6O. The highest BCUT2D eigenvalue weighted by molar-refractivity contribution is 5.76. The minimum Gasteiger partial charge on any atom is -0.369 e. The highest BCUT2D eigenvalue weighted by Gasteiger charge is 2.21. The summed E-state index contributed by atoms with van der Waals surface area (Å²) < 4.78 is 1.86. The minimum absolute atomic E-state index is 0.00743. The van der Waals surface area contributed by atoms with Crippen molar-refractivity contribution in [1.29, 1.82) is 0 Å². The van der Waals surface area contributed by atoms with Crippen molar-refractivity contribution >= 4 is 28.4 Å². The summed E-state index contributed by atoms with van der Waals surface area (Å²) in [6.45, 7) is 6.23. The van der Waals surface area contributed by atoms with Gasteiger partial charge < -0.3 is 15.5 Å². The fourth-order valence-electron chi connectivity index (χ4n) is 5.17. The molecule has 1 saturated carbocycles. The number of rotatable bonds is 6. The van der Waals surface area contributed by atoms with Crippen LogP contribution in [0.4, 0.5) is 17.3 Å². The number of aromatic nitrogens is 3. The van der Waals surface area contributed by atoms with Crippen LogP contribution in [0.15, 0.2) is 47.4 Å². The van der Waals surface area contributed by atoms with E-state index < -0.39 is 0 Å². The first kappa shape index (κ1) is 20.9. The fourth-order valence-corrected chi connectivity index (χ4v) is 5.17. The van der Waals surface area contributed by atoms with Crippen molar-refractivity contribution in [2.45, 2.75) is 45.1 Å². The van der Waals surface area contributed by atoms with Gasteiger partial charge in [0, 0.05) is 61.2 Å². The van der Waals surface area contributed by atoms with E-state index in [0.717, 1.165) is 43.7 Å². The number of anilines is 3. The molecule has 3 aromatic rings. The molecule has 168 valence electrons. The molecule has 1 aliphatic carbocycles. The molecule has 1 saturated heterocycles. The van der Waals surface area contributed by atoms with E-state index in [4.69, 9.17) is 4.98 Å². The zero-order valence-electron chi connectivity index (χ0n) is 18.8. The Balaban J connectivity index is 1.38. The van der Waals surface area contributed by atoms with Crippen molar-refractivity contribution < 1.29 is 0 Å². The summed E-state index contributed by atoms with van der Waals surface area (Å²) in [4.78, 5) is 24.4. The Morgan fingerprint density at radius 2 is 1.84 bits per heavy atom. The van der Waals surface area contributed by atoms with Crippen LogP contribution in [0.3, 0.4) is 0 Å². The monoisotopic (exact) mass is 432 g/mol. The molecule has 3 heterocycles. The normalized spacial score (nSPS) is 18.2. The predicted octanol–water partition coefficient (Wildman–Crippen LogP) is 4.09. The summed E-state index contributed by atoms with van der Waals surface area (Å²) in [5.74, 6) is 1.22. The van der Waals surface area contributed by atoms with E-state index in [-0.39, 0.29) is 11.6 Å². The van der Waals surface area contributed by atoms with Crippen molar-refractivity contribution in [1.82, 2.24) is 19.9 Å². The van der Waals surface area contributed by atoms with Crippen molar-refractivity contribution in [3.05, 3.63) is 52.9 Å². The summed E-state index contributed by atoms with van der Waals surface area (Å²) in [5.41, 5.74) is 2.88. The van der Waals surface area contributed by atoms with Gasteiger partial charge in [-0.15, -0.1) is 0 Å². The summed E-state index contributed by atoms with van der Waals surface area (Å²) in [5, 5.41) is 7.59. The van der Waals surface area contributed by atoms with E-state index in [1.807, 2.05) is 10.6 Å². The maximum atomic E-state index is 12.8. The number of nitrogens with zero attached hydrogens (tertiary/aromatic N) is 4. The molecule has 1 unspecified atom stereocenters. The predicted molar refractivity (Wildman–Crippen MR) is 130 cm³/mol. The van der Waals surface area contributed by atoms with Crippen molar-refractivity contribution in [3.63, 3.8) is 0 Å². The smallest absolute Gasteiger partial charge is 0.252 e. The molecule has 7 heteroatoms. The van der Waals surface area contributed by atoms with Crippen molar-refractivity contribution in [2.75, 3.05) is 36.4 Å². The molecule has 2 aliphatic rings. The molecule has 1 atom stereocenters. The molecule has 7 nitrogen and oxygen atoms in total. The van der Waals surface area contributed by atoms with Crippen LogP contribution in [0.1, 0.15) is 45.1 Å². The molecule has 1 aliphatic heterocycles. The molecule has 1 aromatic carbocycles. The Hall–Kier alpha value is -2.93. The van der Waals surface area contributed by atoms with Gasteiger partial charge in [0.2, 0.25) is 5.95 Å². The number of piperazine rings is 1. The molecule has 0 radical (unpaired) electrons. The topological polar surface area (TPSA) is 75.1 Å². The molecule has 0 spiro atoms. The standard InChI is InChI=1S/C25H32N6O/c1-18(16-19-4-2-3-5-19)31-23(32)11-6-20-17-27-25(29-24(20)31)28-21-7-9-22(10-8-21)30-14-12-26-13-15-30/h6-11,17-19,26H,2-5,12-16H2,1H3,(H,27,28,29). The minimum atomic E-state index is 0.00743. The second-order valence-corrected chi connectivity index (χ2v) is 9.16. The molecule has 2 fully saturated rings. The third-order valence-electron chi connectivity index (χ3n) is 6.86. The molecule has 0 amide bonds. The fraction of sp³-hybridized carbons (Fsp3) is 0.480. The number of fused-ring (bicyclic) bond motifs is 1. The summed E-state index contributed by atoms with van der Waals surface area (Å²) in [6, 6.07) is 12.0. The number of nitrogens with one attached hydrogen (secondary N) is 2. The zero-order chi connectivity index (χ0) is 21.9. The number of pyridine rings is 1. The molecule has 2 aromatic heterocycles. The Morgan fingerprint density at radius 1 is 1.09 bits per heavy atom. The number of benzene rings is 1. The van der Waals surface area contributed by atoms with E-state index in [1.54, 1.807) is 12.3 Å². The van der Waals surface area contributed by atoms with Gasteiger partial charge in [-0.1, -0.05) is 25.7 Å². The lowest BCUT2D eigenvalue weighted by molar-refractivity contribution is 0.390. The van der Waals surface area contributed by atoms with E-state index in [1.165, 1.54) is 31.4 Å². The van der Waals surface area contributed by atoms with Crippen molar-refractivity contribution in [2.24, 2.45) is 5.92 Å². The van der Waals surface area contributed by atoms with Crippen LogP contribution in [0, 0.1) is 5.92 Å². The van der Waals surface area contributed by atoms with E-state index in [0.29, 0.717) is 17.5 Å². The molecular weight excluding hydrogens is 400 g/mol. The first-order valence-corrected chi connectivity index (χ1v) is 11.9. The van der Waals surface area contributed by atoms with Gasteiger partial charge in [0.25, 0.3) is 5.56 Å². The lowest BCUT2D eigenvalue weighted by atomic mass is 9.99. The van der Waals surface area contributed by atoms with Gasteiger partial charge >= 0.3 is 0 Å². The molecule has 5 rings (SSSR count). The largest absolute Gasteiger partial charge is 0.369 e. The van der Waals surface area contributed by atoms with Crippen LogP contribution in [0.25, 0.3) is 11.0 Å². The third kappa shape index (κ3) is 4.48. The van der Waals surface area contributed by atoms with E-state index >= 15 is 0 Å². The maximum absolute atomic E-state index is 12.8. The van der Waals surface area contributed by atoms with Gasteiger partial charge in [-0.2, -0.15) is 4.98 Å². The van der Waals surface area contributed by atoms with Gasteiger partial charge in [0.15, 0.2) is 0 Å². The van der Waals surface area contributed by atoms with Crippen LogP contribution < -0.4 is 21.1 Å². The van der Waals surface area contributed by atoms with Crippen LogP contribution in [0.5, 0.6) is 0 Å². The Kier molecular flexibility index (Phi) is 6.08. The van der Waals surface area contributed by atoms with Crippen LogP contribution >= 0.6 is 0 Å². The third-order valence-corrected chi connectivity index (χ3v) is 6.86. The lowest BCUT2D eigenvalue weighted by Crippen LogP contribution is -2.43. The van der Waals surface area contributed by atoms with E-state index in [9.17, 15) is 4.79 Å². The average Bonchev–Trinajstić information content (AvgIpc) is 3.33. The van der Waals surface area contributed by atoms with Gasteiger partial charge in [0.05, 0.1) is 0 Å². The highest BCUT2D eigenvalue weighted by Crippen LogP contribution is 2.32. The van der Waals surface area contributed by atoms with Crippen LogP contribution in [0.2, 0.25) is 0 Å². The lowest BCUT2D eigenvalue weighted by Gasteiger charge is -2.29. The molecule has 32 heavy (non-hydrogen) atoms. The summed E-state index contributed by atoms with van der Waals surface area (Å²) in [7, 11) is 0. The Labute approximate surface area is 188 Å². The maximum Gasteiger partial charge on any atom is 0.252 e. The Bertz CT molecular complexity index is 1110. The van der Waals surface area contributed by atoms with Crippen molar-refractivity contribution in [3.8, 4) is 0 Å². The van der Waals surface area contributed by atoms with Crippen LogP contribution in [-0.2, 0) is 0 Å². The van der Waals surface area contributed by atoms with E-state index in [2.05, 4.69) is 51.7 Å². The number of hydrogen-bond donors (Lipinski definition) is 2. The quantitative estimate of drug-likeness (QED) is 0.611. The first-order valence-electron chi connectivity index (χ1n) is 11.9. The average molecular weight is 433 g/mol. The second-order valence-electron chi connectivity index (χ2n) is 9.16. The molecule has 0 bridgehead atoms. The van der Waals surface area contributed by atoms with Gasteiger partial charge in [-0.05, 0) is 49.6 Å². The highest BCUT2D eigenvalue weighted by atomic mass is 16.1. The second kappa shape index (κ2) is 9.28. The van der Waals surface area contributed by atoms with Gasteiger partial charge in [0.1, 0.15) is 5.65 Å². The van der Waals surface area contributed by atoms with Gasteiger partial charge in [-0.3, -0.25) is 9.36 Å². The summed E-state index contributed by atoms with van der Waals surface area (Å²) in [6.07, 6.45) is 8.00. The number of hydrogen-bond acceptors (Lipinski definition) is 6. The molecule has 2 N–H and O–H groups in total. The van der Waals surface area contributed by atoms with Gasteiger partial charge in [-0.25, -0.2) is 4.98 Å². The van der Waals surface area contributed by atoms with Crippen LogP contribution in [-0.4, -0.2) is 40.7 Å². The summed E-state index contributed by atoms with van der Waals surface area (Å²) >= 11 is 0. The SMILES string of the molecule is CC(CC1CCCC1)n1c(=O)ccc2cnc(Nc3ccc(N4CCNCC4)cc3)nc21.